The van der Waals surface area contributed by atoms with E-state index in [1.807, 2.05) is 12.1 Å². The molecule has 0 aliphatic carbocycles. The van der Waals surface area contributed by atoms with Crippen molar-refractivity contribution < 1.29 is 28.5 Å². The highest BCUT2D eigenvalue weighted by Crippen LogP contribution is 2.33. The lowest BCUT2D eigenvalue weighted by atomic mass is 10.1. The zero-order valence-corrected chi connectivity index (χ0v) is 15.1. The first-order valence-corrected chi connectivity index (χ1v) is 7.84. The number of carbonyl (C=O) groups excluding carboxylic acids is 2. The van der Waals surface area contributed by atoms with E-state index in [0.29, 0.717) is 28.6 Å². The fraction of sp³-hybridized carbons (Fsp3) is 0.200. The van der Waals surface area contributed by atoms with Gasteiger partial charge in [0.25, 0.3) is 0 Å². The van der Waals surface area contributed by atoms with Crippen LogP contribution in [0.4, 0.5) is 0 Å². The van der Waals surface area contributed by atoms with Crippen LogP contribution in [0.1, 0.15) is 25.0 Å². The third-order valence-corrected chi connectivity index (χ3v) is 3.37. The maximum Gasteiger partial charge on any atom is 0.308 e. The maximum absolute atomic E-state index is 11.4. The molecule has 2 aromatic rings. The van der Waals surface area contributed by atoms with Crippen LogP contribution in [-0.2, 0) is 9.59 Å². The van der Waals surface area contributed by atoms with Crippen molar-refractivity contribution in [1.29, 1.82) is 0 Å². The van der Waals surface area contributed by atoms with Crippen molar-refractivity contribution in [3.05, 3.63) is 47.5 Å². The highest BCUT2D eigenvalue weighted by molar-refractivity contribution is 5.79. The summed E-state index contributed by atoms with van der Waals surface area (Å²) >= 11 is 0. The van der Waals surface area contributed by atoms with E-state index in [0.717, 1.165) is 5.56 Å². The molecule has 2 rings (SSSR count). The Hall–Kier alpha value is -3.28. The molecule has 0 unspecified atom stereocenters. The van der Waals surface area contributed by atoms with Crippen molar-refractivity contribution in [1.82, 2.24) is 0 Å². The predicted molar refractivity (Wildman–Crippen MR) is 97.5 cm³/mol. The summed E-state index contributed by atoms with van der Waals surface area (Å²) < 4.78 is 20.9. The monoisotopic (exact) mass is 356 g/mol. The highest BCUT2D eigenvalue weighted by atomic mass is 16.6. The molecule has 0 N–H and O–H groups in total. The minimum Gasteiger partial charge on any atom is -0.493 e. The van der Waals surface area contributed by atoms with E-state index in [2.05, 4.69) is 0 Å². The Labute approximate surface area is 151 Å². The van der Waals surface area contributed by atoms with Gasteiger partial charge < -0.3 is 18.9 Å². The summed E-state index contributed by atoms with van der Waals surface area (Å²) in [6.07, 6.45) is 3.61. The van der Waals surface area contributed by atoms with Crippen molar-refractivity contribution in [2.75, 3.05) is 14.2 Å². The summed E-state index contributed by atoms with van der Waals surface area (Å²) in [4.78, 5) is 22.5. The number of hydrogen-bond acceptors (Lipinski definition) is 6. The van der Waals surface area contributed by atoms with Gasteiger partial charge >= 0.3 is 11.9 Å². The summed E-state index contributed by atoms with van der Waals surface area (Å²) in [5, 5.41) is 0. The lowest BCUT2D eigenvalue weighted by Gasteiger charge is -2.11. The Balaban J connectivity index is 2.35. The second-order valence-electron chi connectivity index (χ2n) is 5.31. The smallest absolute Gasteiger partial charge is 0.308 e. The Morgan fingerprint density at radius 3 is 2.12 bits per heavy atom. The first kappa shape index (κ1) is 19.1. The van der Waals surface area contributed by atoms with E-state index in [9.17, 15) is 9.59 Å². The van der Waals surface area contributed by atoms with Crippen molar-refractivity contribution >= 4 is 24.1 Å². The molecular formula is C20H20O6. The van der Waals surface area contributed by atoms with Gasteiger partial charge in [-0.2, -0.15) is 0 Å². The van der Waals surface area contributed by atoms with Gasteiger partial charge in [0.2, 0.25) is 0 Å². The van der Waals surface area contributed by atoms with E-state index in [4.69, 9.17) is 18.9 Å². The van der Waals surface area contributed by atoms with Crippen LogP contribution in [-0.4, -0.2) is 26.2 Å². The molecule has 0 spiro atoms. The number of methoxy groups -OCH3 is 2. The van der Waals surface area contributed by atoms with Crippen molar-refractivity contribution in [3.8, 4) is 23.0 Å². The summed E-state index contributed by atoms with van der Waals surface area (Å²) in [5.41, 5.74) is 1.50. The molecule has 26 heavy (non-hydrogen) atoms. The van der Waals surface area contributed by atoms with E-state index < -0.39 is 11.9 Å². The quantitative estimate of drug-likeness (QED) is 0.446. The predicted octanol–water partition coefficient (Wildman–Crippen LogP) is 3.72. The number of para-hydroxylation sites is 1. The van der Waals surface area contributed by atoms with Gasteiger partial charge in [0.15, 0.2) is 23.0 Å². The summed E-state index contributed by atoms with van der Waals surface area (Å²) in [7, 11) is 3.01. The first-order valence-electron chi connectivity index (χ1n) is 7.84. The molecule has 0 radical (unpaired) electrons. The Kier molecular flexibility index (Phi) is 6.38. The molecule has 0 saturated heterocycles. The van der Waals surface area contributed by atoms with Crippen LogP contribution in [0.5, 0.6) is 23.0 Å². The molecule has 0 heterocycles. The van der Waals surface area contributed by atoms with Crippen molar-refractivity contribution in [2.45, 2.75) is 13.8 Å². The van der Waals surface area contributed by atoms with Gasteiger partial charge in [0, 0.05) is 19.4 Å². The molecule has 0 aromatic heterocycles. The van der Waals surface area contributed by atoms with Crippen LogP contribution in [0, 0.1) is 0 Å². The summed E-state index contributed by atoms with van der Waals surface area (Å²) in [5.74, 6) is 0.741. The normalized spacial score (nSPS) is 10.5. The van der Waals surface area contributed by atoms with Gasteiger partial charge in [0.05, 0.1) is 14.2 Å². The first-order chi connectivity index (χ1) is 12.4. The molecule has 0 atom stereocenters. The molecule has 0 fully saturated rings. The topological polar surface area (TPSA) is 71.1 Å². The van der Waals surface area contributed by atoms with Gasteiger partial charge in [0.1, 0.15) is 0 Å². The van der Waals surface area contributed by atoms with Crippen LogP contribution in [0.3, 0.4) is 0 Å². The van der Waals surface area contributed by atoms with E-state index in [1.165, 1.54) is 28.1 Å². The van der Waals surface area contributed by atoms with Crippen LogP contribution in [0.2, 0.25) is 0 Å². The van der Waals surface area contributed by atoms with E-state index in [1.54, 1.807) is 36.4 Å². The van der Waals surface area contributed by atoms with Gasteiger partial charge in [-0.3, -0.25) is 9.59 Å². The van der Waals surface area contributed by atoms with Gasteiger partial charge in [-0.15, -0.1) is 0 Å². The number of hydrogen-bond donors (Lipinski definition) is 0. The number of esters is 2. The largest absolute Gasteiger partial charge is 0.493 e. The number of ether oxygens (including phenoxy) is 4. The van der Waals surface area contributed by atoms with E-state index >= 15 is 0 Å². The van der Waals surface area contributed by atoms with Crippen LogP contribution >= 0.6 is 0 Å². The lowest BCUT2D eigenvalue weighted by molar-refractivity contribution is -0.132. The fourth-order valence-corrected chi connectivity index (χ4v) is 2.29. The Bertz CT molecular complexity index is 838. The number of benzene rings is 2. The summed E-state index contributed by atoms with van der Waals surface area (Å²) in [6, 6.07) is 10.5. The minimum atomic E-state index is -0.434. The molecule has 2 aromatic carbocycles. The van der Waals surface area contributed by atoms with Crippen molar-refractivity contribution in [2.24, 2.45) is 0 Å². The Morgan fingerprint density at radius 1 is 0.808 bits per heavy atom. The zero-order valence-electron chi connectivity index (χ0n) is 15.1. The van der Waals surface area contributed by atoms with Crippen LogP contribution < -0.4 is 18.9 Å². The molecular weight excluding hydrogens is 336 g/mol. The van der Waals surface area contributed by atoms with Gasteiger partial charge in [-0.05, 0) is 23.8 Å². The van der Waals surface area contributed by atoms with Crippen LogP contribution in [0.15, 0.2) is 36.4 Å². The molecule has 0 bridgehead atoms. The average molecular weight is 356 g/mol. The zero-order chi connectivity index (χ0) is 19.1. The Morgan fingerprint density at radius 2 is 1.50 bits per heavy atom. The maximum atomic E-state index is 11.4. The molecule has 0 amide bonds. The fourth-order valence-electron chi connectivity index (χ4n) is 2.29. The molecule has 0 aliphatic rings. The minimum absolute atomic E-state index is 0.346. The van der Waals surface area contributed by atoms with Gasteiger partial charge in [-0.1, -0.05) is 30.4 Å². The molecule has 136 valence electrons. The number of rotatable bonds is 6. The average Bonchev–Trinajstić information content (AvgIpc) is 2.60. The highest BCUT2D eigenvalue weighted by Gasteiger charge is 2.11. The SMILES string of the molecule is COc1cc(C=Cc2cccc(OC)c2OC(C)=O)ccc1OC(C)=O. The molecule has 6 heteroatoms. The molecule has 0 saturated carbocycles. The second-order valence-corrected chi connectivity index (χ2v) is 5.31. The number of carbonyl (C=O) groups is 2. The summed E-state index contributed by atoms with van der Waals surface area (Å²) in [6.45, 7) is 2.66. The van der Waals surface area contributed by atoms with Crippen LogP contribution in [0.25, 0.3) is 12.2 Å². The third kappa shape index (κ3) is 4.86. The third-order valence-electron chi connectivity index (χ3n) is 3.37. The van der Waals surface area contributed by atoms with Gasteiger partial charge in [-0.25, -0.2) is 0 Å². The second kappa shape index (κ2) is 8.71. The molecule has 0 aliphatic heterocycles. The molecule has 6 nitrogen and oxygen atoms in total. The standard InChI is InChI=1S/C20H20O6/c1-13(21)25-17-11-9-15(12-19(17)24-4)8-10-16-6-5-7-18(23-3)20(16)26-14(2)22/h5-12H,1-4H3. The van der Waals surface area contributed by atoms with Crippen molar-refractivity contribution in [3.63, 3.8) is 0 Å². The van der Waals surface area contributed by atoms with E-state index in [-0.39, 0.29) is 0 Å². The lowest BCUT2D eigenvalue weighted by Crippen LogP contribution is -2.04.